The third-order valence-electron chi connectivity index (χ3n) is 1.50. The van der Waals surface area contributed by atoms with Gasteiger partial charge < -0.3 is 20.1 Å². The maximum absolute atomic E-state index is 9.50. The fourth-order valence-electron chi connectivity index (χ4n) is 0.535. The second-order valence-electron chi connectivity index (χ2n) is 3.13. The minimum atomic E-state index is -0.0822. The summed E-state index contributed by atoms with van der Waals surface area (Å²) in [5, 5.41) is 26.1. The SMILES string of the molecule is C#CCBr.C#CCOC/C(Br)=C(\Br)CO.CF.OC/C(Br)=C(\Br)CO.S.S=S.[2H]C. The molecule has 0 atom stereocenters. The van der Waals surface area contributed by atoms with Crippen LogP contribution in [0.1, 0.15) is 8.77 Å². The standard InChI is InChI=1S/C7H8Br2O2.C4H6Br2O2.C3H3Br.CH3F.CH4.S2.H2S/c1-2-3-11-5-7(9)6(8)4-10;5-3(1-7)4(6)2-8;1-2-3-4;1-2;;1-2;/h1,10H,3-5H2;7-8H,1-2H2;1H,3H2;1H3;1H4;;1H2/b7-6+;4-3+;;;;;/i;;;;1D;;. The van der Waals surface area contributed by atoms with Crippen LogP contribution >= 0.6 is 93.1 Å². The van der Waals surface area contributed by atoms with Crippen molar-refractivity contribution in [3.8, 4) is 24.7 Å². The first-order valence-electron chi connectivity index (χ1n) is 7.29. The Bertz CT molecular complexity index is 465. The molecule has 0 fully saturated rings. The number of ether oxygens (including phenoxy) is 1. The van der Waals surface area contributed by atoms with E-state index in [0.717, 1.165) is 4.48 Å². The molecule has 0 aliphatic carbocycles. The Morgan fingerprint density at radius 1 is 0.931 bits per heavy atom. The molecular formula is C16H26Br5FO4S3. The third-order valence-corrected chi connectivity index (χ3v) is 5.78. The molecule has 174 valence electrons. The van der Waals surface area contributed by atoms with Gasteiger partial charge in [-0.1, -0.05) is 98.9 Å². The van der Waals surface area contributed by atoms with Crippen LogP contribution in [0.15, 0.2) is 17.9 Å². The summed E-state index contributed by atoms with van der Waals surface area (Å²) in [6.07, 6.45) is 9.69. The van der Waals surface area contributed by atoms with Crippen LogP contribution in [0.25, 0.3) is 0 Å². The average molecular weight is 798 g/mol. The molecule has 0 aliphatic rings. The summed E-state index contributed by atoms with van der Waals surface area (Å²) < 4.78 is 22.9. The van der Waals surface area contributed by atoms with Crippen molar-refractivity contribution < 1.29 is 25.8 Å². The Balaban J connectivity index is -0.0000000491. The lowest BCUT2D eigenvalue weighted by Gasteiger charge is -2.00. The Labute approximate surface area is 234 Å². The molecule has 3 N–H and O–H groups in total. The van der Waals surface area contributed by atoms with E-state index in [1.165, 1.54) is 7.40 Å². The van der Waals surface area contributed by atoms with Crippen molar-refractivity contribution in [2.45, 2.75) is 7.40 Å². The summed E-state index contributed by atoms with van der Waals surface area (Å²) in [4.78, 5) is 0. The first kappa shape index (κ1) is 44.3. The van der Waals surface area contributed by atoms with Gasteiger partial charge in [0.05, 0.1) is 38.9 Å². The third kappa shape index (κ3) is 48.3. The fourth-order valence-corrected chi connectivity index (χ4v) is 1.19. The summed E-state index contributed by atoms with van der Waals surface area (Å²) in [5.41, 5.74) is 0. The largest absolute Gasteiger partial charge is 0.391 e. The van der Waals surface area contributed by atoms with Gasteiger partial charge in [0, 0.05) is 41.7 Å². The predicted molar refractivity (Wildman–Crippen MR) is 152 cm³/mol. The predicted octanol–water partition coefficient (Wildman–Crippen LogP) is 4.95. The van der Waals surface area contributed by atoms with Crippen LogP contribution in [0.3, 0.4) is 0 Å². The molecule has 0 bridgehead atoms. The van der Waals surface area contributed by atoms with E-state index < -0.39 is 0 Å². The van der Waals surface area contributed by atoms with Crippen molar-refractivity contribution >= 4 is 116 Å². The van der Waals surface area contributed by atoms with E-state index in [2.05, 4.69) is 114 Å². The van der Waals surface area contributed by atoms with Crippen LogP contribution < -0.4 is 0 Å². The summed E-state index contributed by atoms with van der Waals surface area (Å²) in [5.74, 6) is 4.68. The van der Waals surface area contributed by atoms with E-state index in [1.807, 2.05) is 0 Å². The molecule has 29 heavy (non-hydrogen) atoms. The lowest BCUT2D eigenvalue weighted by atomic mass is 10.5. The topological polar surface area (TPSA) is 69.9 Å². The average Bonchev–Trinajstić information content (AvgIpc) is 2.81. The Morgan fingerprint density at radius 2 is 1.21 bits per heavy atom. The molecule has 0 aromatic heterocycles. The molecule has 0 heterocycles. The number of alkyl halides is 2. The van der Waals surface area contributed by atoms with Crippen molar-refractivity contribution in [1.82, 2.24) is 0 Å². The minimum Gasteiger partial charge on any atom is -0.391 e. The second-order valence-corrected chi connectivity index (χ2v) is 7.52. The van der Waals surface area contributed by atoms with Crippen molar-refractivity contribution in [3.05, 3.63) is 17.9 Å². The Kier molecular flexibility index (Phi) is 72.3. The highest BCUT2D eigenvalue weighted by Gasteiger charge is 1.98. The van der Waals surface area contributed by atoms with Crippen LogP contribution in [0.5, 0.6) is 0 Å². The van der Waals surface area contributed by atoms with Crippen molar-refractivity contribution in [2.75, 3.05) is 45.5 Å². The quantitative estimate of drug-likeness (QED) is 0.201. The van der Waals surface area contributed by atoms with Gasteiger partial charge >= 0.3 is 0 Å². The van der Waals surface area contributed by atoms with E-state index >= 15 is 0 Å². The van der Waals surface area contributed by atoms with Crippen LogP contribution in [-0.4, -0.2) is 60.9 Å². The van der Waals surface area contributed by atoms with E-state index in [1.54, 1.807) is 0 Å². The monoisotopic (exact) mass is 793 g/mol. The van der Waals surface area contributed by atoms with Crippen LogP contribution in [0.2, 0.25) is 0 Å². The highest BCUT2D eigenvalue weighted by atomic mass is 79.9. The van der Waals surface area contributed by atoms with E-state index in [0.29, 0.717) is 32.6 Å². The maximum Gasteiger partial charge on any atom is 0.107 e. The molecule has 0 spiro atoms. The number of hydrogen-bond donors (Lipinski definition) is 3. The number of halogens is 6. The Hall–Kier alpha value is 1.56. The molecular weight excluding hydrogens is 771 g/mol. The van der Waals surface area contributed by atoms with Crippen LogP contribution in [0.4, 0.5) is 4.39 Å². The smallest absolute Gasteiger partial charge is 0.107 e. The van der Waals surface area contributed by atoms with Gasteiger partial charge in [0.25, 0.3) is 0 Å². The Morgan fingerprint density at radius 3 is 1.41 bits per heavy atom. The summed E-state index contributed by atoms with van der Waals surface area (Å²) >= 11 is 22.8. The van der Waals surface area contributed by atoms with E-state index in [4.69, 9.17) is 34.3 Å². The van der Waals surface area contributed by atoms with Crippen molar-refractivity contribution in [3.63, 3.8) is 0 Å². The van der Waals surface area contributed by atoms with Crippen molar-refractivity contribution in [1.29, 1.82) is 0 Å². The van der Waals surface area contributed by atoms with Gasteiger partial charge in [0.1, 0.15) is 6.61 Å². The van der Waals surface area contributed by atoms with Gasteiger partial charge in [-0.3, -0.25) is 4.39 Å². The molecule has 0 saturated carbocycles. The molecule has 0 saturated heterocycles. The lowest BCUT2D eigenvalue weighted by Crippen LogP contribution is -1.96. The molecule has 0 aliphatic heterocycles. The number of rotatable bonds is 6. The van der Waals surface area contributed by atoms with Gasteiger partial charge in [0.2, 0.25) is 0 Å². The van der Waals surface area contributed by atoms with Gasteiger partial charge in [-0.15, -0.1) is 12.8 Å². The van der Waals surface area contributed by atoms with Gasteiger partial charge in [-0.25, -0.2) is 0 Å². The molecule has 0 radical (unpaired) electrons. The number of aliphatic hydroxyl groups excluding tert-OH is 3. The molecule has 4 nitrogen and oxygen atoms in total. The first-order valence-corrected chi connectivity index (χ1v) is 11.9. The van der Waals surface area contributed by atoms with Gasteiger partial charge in [-0.2, -0.15) is 13.5 Å². The lowest BCUT2D eigenvalue weighted by molar-refractivity contribution is 0.196. The molecule has 0 aromatic carbocycles. The summed E-state index contributed by atoms with van der Waals surface area (Å²) in [7, 11) is 1.75. The van der Waals surface area contributed by atoms with Gasteiger partial charge in [-0.05, 0) is 0 Å². The summed E-state index contributed by atoms with van der Waals surface area (Å²) in [6.45, 7) is 0.453. The maximum atomic E-state index is 9.50. The molecule has 0 aromatic rings. The molecule has 0 amide bonds. The number of hydrogen-bond acceptors (Lipinski definition) is 6. The zero-order valence-electron chi connectivity index (χ0n) is 16.7. The molecule has 0 unspecified atom stereocenters. The first-order chi connectivity index (χ1) is 13.9. The van der Waals surface area contributed by atoms with E-state index in [-0.39, 0.29) is 39.9 Å². The normalized spacial score (nSPS) is 9.62. The van der Waals surface area contributed by atoms with Crippen molar-refractivity contribution in [2.24, 2.45) is 0 Å². The van der Waals surface area contributed by atoms with Crippen LogP contribution in [0, 0.1) is 24.7 Å². The number of terminal acetylenes is 2. The van der Waals surface area contributed by atoms with E-state index in [9.17, 15) is 4.39 Å². The zero-order valence-corrected chi connectivity index (χ0v) is 26.3. The second kappa shape index (κ2) is 47.4. The molecule has 0 rings (SSSR count). The van der Waals surface area contributed by atoms with Crippen LogP contribution in [-0.2, 0) is 27.1 Å². The zero-order chi connectivity index (χ0) is 24.7. The minimum absolute atomic E-state index is 0. The molecule has 13 heteroatoms. The number of aliphatic hydroxyl groups is 3. The fraction of sp³-hybridized carbons (Fsp3) is 0.500. The highest BCUT2D eigenvalue weighted by Crippen LogP contribution is 2.17. The summed E-state index contributed by atoms with van der Waals surface area (Å²) in [6, 6.07) is 0. The highest BCUT2D eigenvalue weighted by molar-refractivity contribution is 9.14. The van der Waals surface area contributed by atoms with Gasteiger partial charge in [0.15, 0.2) is 0 Å².